The normalized spacial score (nSPS) is 37.8. The van der Waals surface area contributed by atoms with Crippen LogP contribution in [0.2, 0.25) is 0 Å². The number of rotatable bonds is 7. The van der Waals surface area contributed by atoms with E-state index in [0.717, 1.165) is 0 Å². The van der Waals surface area contributed by atoms with E-state index in [9.17, 15) is 4.57 Å². The number of halogens is 3. The van der Waals surface area contributed by atoms with E-state index in [1.807, 2.05) is 0 Å². The molecule has 0 aromatic heterocycles. The van der Waals surface area contributed by atoms with Crippen LogP contribution < -0.4 is 0 Å². The van der Waals surface area contributed by atoms with Crippen molar-refractivity contribution in [1.29, 1.82) is 5.41 Å². The molecule has 0 aromatic rings. The van der Waals surface area contributed by atoms with Gasteiger partial charge in [0, 0.05) is 13.2 Å². The fraction of sp³-hybridized carbons (Fsp3) is 0.947. The van der Waals surface area contributed by atoms with Gasteiger partial charge in [-0.25, -0.2) is 0 Å². The molecule has 3 rings (SSSR count). The highest BCUT2D eigenvalue weighted by molar-refractivity contribution is 7.60. The van der Waals surface area contributed by atoms with Crippen LogP contribution in [0.5, 0.6) is 0 Å². The third-order valence-corrected chi connectivity index (χ3v) is 8.30. The van der Waals surface area contributed by atoms with E-state index < -0.39 is 64.9 Å². The first-order chi connectivity index (χ1) is 15.1. The molecule has 14 heteroatoms. The van der Waals surface area contributed by atoms with Gasteiger partial charge in [0.2, 0.25) is 17.8 Å². The summed E-state index contributed by atoms with van der Waals surface area (Å²) in [6.07, 6.45) is -3.28. The summed E-state index contributed by atoms with van der Waals surface area (Å²) in [7, 11) is -4.09. The van der Waals surface area contributed by atoms with E-state index in [0.29, 0.717) is 0 Å². The fourth-order valence-corrected chi connectivity index (χ4v) is 6.84. The second kappa shape index (κ2) is 9.98. The van der Waals surface area contributed by atoms with Crippen LogP contribution in [0.1, 0.15) is 41.5 Å². The predicted octanol–water partition coefficient (Wildman–Crippen LogP) is 4.38. The van der Waals surface area contributed by atoms with Crippen LogP contribution >= 0.6 is 42.2 Å². The molecule has 0 aliphatic carbocycles. The molecule has 0 aromatic carbocycles. The Hall–Kier alpha value is 0.290. The summed E-state index contributed by atoms with van der Waals surface area (Å²) in [5.74, 6) is -4.12. The highest BCUT2D eigenvalue weighted by Gasteiger charge is 2.66. The largest absolute Gasteiger partial charge is 0.461 e. The maximum Gasteiger partial charge on any atom is 0.300 e. The zero-order valence-electron chi connectivity index (χ0n) is 19.3. The van der Waals surface area contributed by atoms with Crippen LogP contribution in [0.3, 0.4) is 0 Å². The summed E-state index contributed by atoms with van der Waals surface area (Å²) in [5, 5.41) is 8.10. The highest BCUT2D eigenvalue weighted by atomic mass is 35.6. The quantitative estimate of drug-likeness (QED) is 0.161. The first-order valence-electron chi connectivity index (χ1n) is 10.6. The Labute approximate surface area is 208 Å². The maximum absolute atomic E-state index is 14.5. The third kappa shape index (κ3) is 6.00. The Morgan fingerprint density at radius 1 is 1.03 bits per heavy atom. The third-order valence-electron chi connectivity index (χ3n) is 5.21. The van der Waals surface area contributed by atoms with Crippen LogP contribution in [-0.2, 0) is 42.2 Å². The molecule has 0 radical (unpaired) electrons. The molecule has 0 bridgehead atoms. The van der Waals surface area contributed by atoms with E-state index in [4.69, 9.17) is 77.9 Å². The molecule has 33 heavy (non-hydrogen) atoms. The number of nitrogens with one attached hydrogen (secondary N) is 1. The van der Waals surface area contributed by atoms with Crippen LogP contribution in [0, 0.1) is 5.41 Å². The number of hydrogen-bond acceptors (Lipinski definition) is 10. The predicted molar refractivity (Wildman–Crippen MR) is 121 cm³/mol. The van der Waals surface area contributed by atoms with Crippen molar-refractivity contribution < 1.29 is 42.2 Å². The summed E-state index contributed by atoms with van der Waals surface area (Å²) in [5.41, 5.74) is 0. The molecule has 0 amide bonds. The van der Waals surface area contributed by atoms with Crippen molar-refractivity contribution in [1.82, 2.24) is 0 Å². The average Bonchev–Trinajstić information content (AvgIpc) is 3.20. The molecule has 3 fully saturated rings. The lowest BCUT2D eigenvalue weighted by Gasteiger charge is -2.45. The monoisotopic (exact) mass is 553 g/mol. The van der Waals surface area contributed by atoms with Gasteiger partial charge in [0.15, 0.2) is 11.6 Å². The van der Waals surface area contributed by atoms with E-state index in [-0.39, 0.29) is 19.8 Å². The molecule has 3 aliphatic rings. The molecule has 1 N–H and O–H groups in total. The van der Waals surface area contributed by atoms with Crippen molar-refractivity contribution in [2.45, 2.75) is 93.2 Å². The van der Waals surface area contributed by atoms with Crippen molar-refractivity contribution in [2.75, 3.05) is 19.8 Å². The topological polar surface area (TPSA) is 115 Å². The molecule has 3 saturated heterocycles. The molecule has 0 saturated carbocycles. The Morgan fingerprint density at radius 3 is 2.09 bits per heavy atom. The summed E-state index contributed by atoms with van der Waals surface area (Å²) >= 11 is 17.5. The second-order valence-corrected chi connectivity index (χ2v) is 13.4. The van der Waals surface area contributed by atoms with Gasteiger partial charge in [-0.1, -0.05) is 34.8 Å². The summed E-state index contributed by atoms with van der Waals surface area (Å²) in [4.78, 5) is 0. The Morgan fingerprint density at radius 2 is 1.61 bits per heavy atom. The number of hydrogen-bond donors (Lipinski definition) is 1. The van der Waals surface area contributed by atoms with Gasteiger partial charge < -0.3 is 37.7 Å². The maximum atomic E-state index is 14.5. The standard InChI is InChI=1S/C19H31Cl3NO9P/c1-7-25-16(26-8-2)33(24)14(28-15(23)19(20,21)22)13-12(30-18(5,6)31-13)11(32-33)10-9-27-17(3,4)29-10/h10-14,16,23H,7-9H2,1-6H3/t10-,11-,12+,13+,14-,33-/m1/s1. The lowest BCUT2D eigenvalue weighted by Crippen LogP contribution is -2.56. The van der Waals surface area contributed by atoms with Crippen molar-refractivity contribution in [3.63, 3.8) is 0 Å². The SMILES string of the molecule is CCOC(OCC)[P@]1(=O)O[C@H]([C@H]2COC(C)(C)O2)[C@@H]2OC(C)(C)O[C@@H]2[C@@H]1OC(=N)C(Cl)(Cl)Cl. The van der Waals surface area contributed by atoms with Crippen LogP contribution in [0.4, 0.5) is 0 Å². The Kier molecular flexibility index (Phi) is 8.43. The minimum Gasteiger partial charge on any atom is -0.461 e. The smallest absolute Gasteiger partial charge is 0.300 e. The van der Waals surface area contributed by atoms with Crippen molar-refractivity contribution in [2.24, 2.45) is 0 Å². The lowest BCUT2D eigenvalue weighted by atomic mass is 10.0. The molecular formula is C19H31Cl3NO9P. The zero-order chi connectivity index (χ0) is 24.8. The lowest BCUT2D eigenvalue weighted by molar-refractivity contribution is -0.176. The molecule has 3 aliphatic heterocycles. The van der Waals surface area contributed by atoms with Gasteiger partial charge in [-0.05, 0) is 41.5 Å². The molecule has 192 valence electrons. The van der Waals surface area contributed by atoms with Gasteiger partial charge in [-0.2, -0.15) is 0 Å². The summed E-state index contributed by atoms with van der Waals surface area (Å²) < 4.78 is 59.4. The number of alkyl halides is 3. The molecular weight excluding hydrogens is 524 g/mol. The van der Waals surface area contributed by atoms with Gasteiger partial charge in [-0.3, -0.25) is 9.97 Å². The van der Waals surface area contributed by atoms with Gasteiger partial charge >= 0.3 is 0 Å². The van der Waals surface area contributed by atoms with Crippen LogP contribution in [0.15, 0.2) is 0 Å². The Bertz CT molecular complexity index is 772. The average molecular weight is 555 g/mol. The second-order valence-electron chi connectivity index (χ2n) is 8.70. The minimum absolute atomic E-state index is 0.171. The summed E-state index contributed by atoms with van der Waals surface area (Å²) in [6.45, 7) is 10.9. The molecule has 10 nitrogen and oxygen atoms in total. The van der Waals surface area contributed by atoms with Crippen LogP contribution in [-0.4, -0.2) is 77.4 Å². The van der Waals surface area contributed by atoms with Crippen molar-refractivity contribution in [3.8, 4) is 0 Å². The number of ether oxygens (including phenoxy) is 7. The van der Waals surface area contributed by atoms with Gasteiger partial charge in [0.25, 0.3) is 11.2 Å². The Balaban J connectivity index is 2.06. The van der Waals surface area contributed by atoms with Crippen molar-refractivity contribution >= 4 is 48.1 Å². The highest BCUT2D eigenvalue weighted by Crippen LogP contribution is 2.66. The van der Waals surface area contributed by atoms with Crippen LogP contribution in [0.25, 0.3) is 0 Å². The minimum atomic E-state index is -4.09. The molecule has 0 spiro atoms. The zero-order valence-corrected chi connectivity index (χ0v) is 22.5. The van der Waals surface area contributed by atoms with E-state index >= 15 is 0 Å². The van der Waals surface area contributed by atoms with Gasteiger partial charge in [0.1, 0.15) is 24.4 Å². The van der Waals surface area contributed by atoms with Gasteiger partial charge in [0.05, 0.1) is 6.61 Å². The molecule has 6 atom stereocenters. The van der Waals surface area contributed by atoms with Gasteiger partial charge in [-0.15, -0.1) is 0 Å². The number of fused-ring (bicyclic) bond motifs is 1. The summed E-state index contributed by atoms with van der Waals surface area (Å²) in [6, 6.07) is -1.33. The molecule has 0 unspecified atom stereocenters. The first kappa shape index (κ1) is 27.9. The first-order valence-corrected chi connectivity index (χ1v) is 13.5. The van der Waals surface area contributed by atoms with E-state index in [1.54, 1.807) is 41.5 Å². The fourth-order valence-electron chi connectivity index (χ4n) is 4.00. The van der Waals surface area contributed by atoms with Crippen molar-refractivity contribution in [3.05, 3.63) is 0 Å². The van der Waals surface area contributed by atoms with E-state index in [2.05, 4.69) is 0 Å². The van der Waals surface area contributed by atoms with E-state index in [1.165, 1.54) is 0 Å². The molecule has 3 heterocycles.